The number of unbranched alkanes of at least 4 members (excludes halogenated alkanes) is 3. The van der Waals surface area contributed by atoms with E-state index in [-0.39, 0.29) is 0 Å². The van der Waals surface area contributed by atoms with Gasteiger partial charge in [-0.3, -0.25) is 0 Å². The highest BCUT2D eigenvalue weighted by Gasteiger charge is 2.16. The summed E-state index contributed by atoms with van der Waals surface area (Å²) in [5.74, 6) is 2.49. The second kappa shape index (κ2) is 26.6. The summed E-state index contributed by atoms with van der Waals surface area (Å²) >= 11 is 0. The van der Waals surface area contributed by atoms with E-state index < -0.39 is 0 Å². The third kappa shape index (κ3) is 13.8. The molecule has 79 heavy (non-hydrogen) atoms. The molecule has 3 atom stereocenters. The molecule has 1 heteroatoms. The zero-order chi connectivity index (χ0) is 54.5. The van der Waals surface area contributed by atoms with Crippen molar-refractivity contribution in [1.29, 1.82) is 0 Å². The lowest BCUT2D eigenvalue weighted by Crippen LogP contribution is -1.94. The summed E-state index contributed by atoms with van der Waals surface area (Å²) in [4.78, 5) is 0. The summed E-state index contributed by atoms with van der Waals surface area (Å²) in [5, 5.41) is 2.51. The molecular formula is C78H85N. The fourth-order valence-electron chi connectivity index (χ4n) is 11.7. The number of rotatable bonds is 25. The maximum atomic E-state index is 2.46. The van der Waals surface area contributed by atoms with Crippen LogP contribution in [-0.2, 0) is 19.3 Å². The lowest BCUT2D eigenvalue weighted by molar-refractivity contribution is 0.484. The maximum absolute atomic E-state index is 2.46. The van der Waals surface area contributed by atoms with Crippen LogP contribution in [0.25, 0.3) is 94.3 Å². The van der Waals surface area contributed by atoms with E-state index in [9.17, 15) is 0 Å². The largest absolute Gasteiger partial charge is 0.309 e. The molecule has 0 amide bonds. The normalized spacial score (nSPS) is 12.8. The number of fused-ring (bicyclic) bond motifs is 3. The summed E-state index contributed by atoms with van der Waals surface area (Å²) in [6.07, 6.45) is 19.1. The van der Waals surface area contributed by atoms with Gasteiger partial charge in [0.25, 0.3) is 0 Å². The molecule has 1 nitrogen and oxygen atoms in total. The second-order valence-electron chi connectivity index (χ2n) is 23.4. The van der Waals surface area contributed by atoms with Crippen LogP contribution in [0.4, 0.5) is 0 Å². The Morgan fingerprint density at radius 2 is 0.494 bits per heavy atom. The minimum Gasteiger partial charge on any atom is -0.309 e. The van der Waals surface area contributed by atoms with Crippen LogP contribution in [0.2, 0.25) is 0 Å². The molecule has 9 aromatic carbocycles. The van der Waals surface area contributed by atoms with Crippen LogP contribution >= 0.6 is 0 Å². The van der Waals surface area contributed by atoms with E-state index in [0.717, 1.165) is 42.7 Å². The summed E-state index contributed by atoms with van der Waals surface area (Å²) in [6, 6.07) is 78.5. The lowest BCUT2D eigenvalue weighted by Gasteiger charge is -2.11. The van der Waals surface area contributed by atoms with Crippen molar-refractivity contribution in [3.8, 4) is 72.4 Å². The van der Waals surface area contributed by atoms with Crippen molar-refractivity contribution in [1.82, 2.24) is 4.57 Å². The first kappa shape index (κ1) is 55.1. The van der Waals surface area contributed by atoms with Gasteiger partial charge in [0.05, 0.1) is 11.0 Å². The molecule has 0 saturated carbocycles. The summed E-state index contributed by atoms with van der Waals surface area (Å²) in [6.45, 7) is 14.0. The smallest absolute Gasteiger partial charge is 0.0541 e. The first-order valence-corrected chi connectivity index (χ1v) is 30.5. The van der Waals surface area contributed by atoms with Crippen LogP contribution in [0.15, 0.2) is 206 Å². The average Bonchev–Trinajstić information content (AvgIpc) is 4.11. The molecule has 3 unspecified atom stereocenters. The molecule has 402 valence electrons. The Morgan fingerprint density at radius 1 is 0.266 bits per heavy atom. The van der Waals surface area contributed by atoms with Crippen LogP contribution < -0.4 is 0 Å². The minimum atomic E-state index is 0.829. The topological polar surface area (TPSA) is 4.93 Å². The Kier molecular flexibility index (Phi) is 18.6. The number of benzene rings is 9. The highest BCUT2D eigenvalue weighted by molar-refractivity contribution is 6.11. The van der Waals surface area contributed by atoms with Gasteiger partial charge >= 0.3 is 0 Å². The van der Waals surface area contributed by atoms with Crippen molar-refractivity contribution in [2.75, 3.05) is 0 Å². The van der Waals surface area contributed by atoms with E-state index in [1.165, 1.54) is 182 Å². The van der Waals surface area contributed by atoms with E-state index in [0.29, 0.717) is 0 Å². The lowest BCUT2D eigenvalue weighted by atomic mass is 9.96. The first-order chi connectivity index (χ1) is 38.7. The van der Waals surface area contributed by atoms with Crippen molar-refractivity contribution in [3.05, 3.63) is 223 Å². The molecule has 0 fully saturated rings. The number of hydrogen-bond donors (Lipinski definition) is 0. The van der Waals surface area contributed by atoms with E-state index >= 15 is 0 Å². The molecule has 0 bridgehead atoms. The van der Waals surface area contributed by atoms with Crippen molar-refractivity contribution in [3.63, 3.8) is 0 Å². The third-order valence-electron chi connectivity index (χ3n) is 17.7. The van der Waals surface area contributed by atoms with Crippen LogP contribution in [0.5, 0.6) is 0 Å². The van der Waals surface area contributed by atoms with Gasteiger partial charge in [0.15, 0.2) is 0 Å². The van der Waals surface area contributed by atoms with Gasteiger partial charge in [0.1, 0.15) is 0 Å². The quantitative estimate of drug-likeness (QED) is 0.0503. The number of aryl methyl sites for hydroxylation is 3. The molecular weight excluding hydrogens is 951 g/mol. The average molecular weight is 1040 g/mol. The predicted molar refractivity (Wildman–Crippen MR) is 344 cm³/mol. The Balaban J connectivity index is 0.900. The Morgan fingerprint density at radius 3 is 0.759 bits per heavy atom. The van der Waals surface area contributed by atoms with Gasteiger partial charge in [0.2, 0.25) is 0 Å². The predicted octanol–water partition coefficient (Wildman–Crippen LogP) is 23.1. The van der Waals surface area contributed by atoms with Crippen LogP contribution in [-0.4, -0.2) is 4.57 Å². The van der Waals surface area contributed by atoms with Gasteiger partial charge < -0.3 is 4.57 Å². The maximum Gasteiger partial charge on any atom is 0.0541 e. The Labute approximate surface area is 474 Å². The number of hydrogen-bond acceptors (Lipinski definition) is 0. The van der Waals surface area contributed by atoms with Gasteiger partial charge in [-0.2, -0.15) is 0 Å². The van der Waals surface area contributed by atoms with Gasteiger partial charge in [-0.1, -0.05) is 269 Å². The van der Waals surface area contributed by atoms with E-state index in [1.54, 1.807) is 0 Å². The monoisotopic (exact) mass is 1040 g/mol. The fourth-order valence-corrected chi connectivity index (χ4v) is 11.7. The van der Waals surface area contributed by atoms with Crippen molar-refractivity contribution in [2.24, 2.45) is 17.8 Å². The minimum absolute atomic E-state index is 0.829. The number of aromatic nitrogens is 1. The van der Waals surface area contributed by atoms with E-state index in [4.69, 9.17) is 0 Å². The SMILES string of the molecule is CCC(C)CCCCc1ccc(-c2ccc(-c3ccc(-n4c5ccc(-c6ccc(-c7ccc(CCCCC(C)CC)cc7)cc6)cc5c5cc(-c6ccc(-c7ccc(CCCCC(C)CC)cc7)cc6)ccc54)cc3)cc2)cc1. The van der Waals surface area contributed by atoms with Gasteiger partial charge in [-0.25, -0.2) is 0 Å². The Hall–Kier alpha value is -7.22. The highest BCUT2D eigenvalue weighted by atomic mass is 15.0. The van der Waals surface area contributed by atoms with Gasteiger partial charge in [0, 0.05) is 16.5 Å². The highest BCUT2D eigenvalue weighted by Crippen LogP contribution is 2.39. The first-order valence-electron chi connectivity index (χ1n) is 30.5. The van der Waals surface area contributed by atoms with Gasteiger partial charge in [-0.15, -0.1) is 0 Å². The second-order valence-corrected chi connectivity index (χ2v) is 23.4. The molecule has 10 aromatic rings. The van der Waals surface area contributed by atoms with Crippen molar-refractivity contribution >= 4 is 21.8 Å². The standard InChI is InChI=1S/C78H85N/c1-7-56(4)16-10-13-19-59-22-28-62(29-23-59)65-34-36-68(37-35-65)69-46-50-74(51-47-69)79-77-52-48-72(70-42-38-66(39-43-70)63-30-24-60(25-31-63)20-14-11-17-57(5)8-2)54-75(77)76-55-73(49-53-78(76)79)71-44-40-67(41-45-71)64-32-26-61(27-33-64)21-15-12-18-58(6)9-3/h22-58H,7-21H2,1-6H3. The molecule has 0 aliphatic carbocycles. The molecule has 10 rings (SSSR count). The molecule has 0 saturated heterocycles. The molecule has 0 N–H and O–H groups in total. The van der Waals surface area contributed by atoms with Crippen LogP contribution in [0.1, 0.15) is 135 Å². The van der Waals surface area contributed by atoms with Gasteiger partial charge in [-0.05, 0) is 176 Å². The molecule has 0 spiro atoms. The third-order valence-corrected chi connectivity index (χ3v) is 17.7. The summed E-state index contributed by atoms with van der Waals surface area (Å²) < 4.78 is 2.46. The molecule has 1 heterocycles. The Bertz CT molecular complexity index is 3320. The zero-order valence-corrected chi connectivity index (χ0v) is 48.4. The van der Waals surface area contributed by atoms with Crippen molar-refractivity contribution < 1.29 is 0 Å². The summed E-state index contributed by atoms with van der Waals surface area (Å²) in [7, 11) is 0. The molecule has 1 aromatic heterocycles. The van der Waals surface area contributed by atoms with Crippen LogP contribution in [0, 0.1) is 17.8 Å². The van der Waals surface area contributed by atoms with E-state index in [2.05, 4.69) is 252 Å². The van der Waals surface area contributed by atoms with Crippen molar-refractivity contribution in [2.45, 2.75) is 138 Å². The zero-order valence-electron chi connectivity index (χ0n) is 48.4. The molecule has 0 aliphatic heterocycles. The number of nitrogens with zero attached hydrogens (tertiary/aromatic N) is 1. The van der Waals surface area contributed by atoms with E-state index in [1.807, 2.05) is 0 Å². The summed E-state index contributed by atoms with van der Waals surface area (Å²) in [5.41, 5.74) is 22.8. The molecule has 0 radical (unpaired) electrons. The molecule has 0 aliphatic rings. The fraction of sp³-hybridized carbons (Fsp3) is 0.308. The van der Waals surface area contributed by atoms with Crippen LogP contribution in [0.3, 0.4) is 0 Å².